The largest absolute Gasteiger partial charge is 0.465 e. The molecule has 1 amide bonds. The number of amides is 1. The predicted octanol–water partition coefficient (Wildman–Crippen LogP) is 2.31. The molecule has 0 atom stereocenters. The van der Waals surface area contributed by atoms with E-state index in [0.717, 1.165) is 19.2 Å². The first-order valence-corrected chi connectivity index (χ1v) is 6.07. The number of ether oxygens (including phenoxy) is 1. The SMILES string of the molecule is COC(=O)c1cc(F)ccc1NC(=O)c1ccc(Cl)nn1. The Kier molecular flexibility index (Phi) is 4.44. The maximum absolute atomic E-state index is 13.2. The zero-order valence-corrected chi connectivity index (χ0v) is 11.5. The Morgan fingerprint density at radius 2 is 2.00 bits per heavy atom. The first kappa shape index (κ1) is 14.9. The number of nitrogens with zero attached hydrogens (tertiary/aromatic N) is 2. The molecule has 1 heterocycles. The molecular weight excluding hydrogens is 301 g/mol. The van der Waals surface area contributed by atoms with Gasteiger partial charge < -0.3 is 10.1 Å². The van der Waals surface area contributed by atoms with Crippen molar-refractivity contribution in [3.05, 3.63) is 52.6 Å². The van der Waals surface area contributed by atoms with Gasteiger partial charge in [-0.2, -0.15) is 0 Å². The van der Waals surface area contributed by atoms with Crippen LogP contribution in [-0.4, -0.2) is 29.2 Å². The monoisotopic (exact) mass is 309 g/mol. The lowest BCUT2D eigenvalue weighted by atomic mass is 10.1. The third kappa shape index (κ3) is 3.51. The second-order valence-electron chi connectivity index (χ2n) is 3.88. The van der Waals surface area contributed by atoms with Crippen LogP contribution < -0.4 is 5.32 Å². The quantitative estimate of drug-likeness (QED) is 0.880. The number of carbonyl (C=O) groups is 2. The molecule has 0 radical (unpaired) electrons. The second-order valence-corrected chi connectivity index (χ2v) is 4.26. The number of carbonyl (C=O) groups excluding carboxylic acids is 2. The fourth-order valence-electron chi connectivity index (χ4n) is 1.53. The molecule has 21 heavy (non-hydrogen) atoms. The van der Waals surface area contributed by atoms with Crippen molar-refractivity contribution >= 4 is 29.2 Å². The topological polar surface area (TPSA) is 81.2 Å². The molecule has 2 rings (SSSR count). The Hall–Kier alpha value is -2.54. The van der Waals surface area contributed by atoms with Crippen molar-refractivity contribution in [1.29, 1.82) is 0 Å². The Labute approximate surface area is 123 Å². The summed E-state index contributed by atoms with van der Waals surface area (Å²) in [5, 5.41) is 9.71. The number of benzene rings is 1. The van der Waals surface area contributed by atoms with E-state index in [2.05, 4.69) is 20.3 Å². The van der Waals surface area contributed by atoms with Gasteiger partial charge in [0.2, 0.25) is 0 Å². The van der Waals surface area contributed by atoms with E-state index in [-0.39, 0.29) is 22.1 Å². The van der Waals surface area contributed by atoms with Crippen molar-refractivity contribution in [1.82, 2.24) is 10.2 Å². The molecule has 1 aromatic carbocycles. The second kappa shape index (κ2) is 6.27. The van der Waals surface area contributed by atoms with Gasteiger partial charge in [0.1, 0.15) is 5.82 Å². The zero-order valence-electron chi connectivity index (χ0n) is 10.8. The van der Waals surface area contributed by atoms with E-state index in [4.69, 9.17) is 11.6 Å². The lowest BCUT2D eigenvalue weighted by Gasteiger charge is -2.09. The molecule has 0 aliphatic heterocycles. The number of esters is 1. The van der Waals surface area contributed by atoms with Gasteiger partial charge in [0.25, 0.3) is 5.91 Å². The molecule has 0 spiro atoms. The molecule has 1 N–H and O–H groups in total. The standard InChI is InChI=1S/C13H9ClFN3O3/c1-21-13(20)8-6-7(15)2-3-9(8)16-12(19)10-4-5-11(14)18-17-10/h2-6H,1H3,(H,16,19). The minimum Gasteiger partial charge on any atom is -0.465 e. The highest BCUT2D eigenvalue weighted by molar-refractivity contribution is 6.29. The molecule has 0 unspecified atom stereocenters. The Bertz CT molecular complexity index is 692. The van der Waals surface area contributed by atoms with Gasteiger partial charge >= 0.3 is 5.97 Å². The summed E-state index contributed by atoms with van der Waals surface area (Å²) in [6.45, 7) is 0. The van der Waals surface area contributed by atoms with Crippen LogP contribution in [0.4, 0.5) is 10.1 Å². The Morgan fingerprint density at radius 1 is 1.24 bits per heavy atom. The van der Waals surface area contributed by atoms with E-state index in [0.29, 0.717) is 0 Å². The Morgan fingerprint density at radius 3 is 2.62 bits per heavy atom. The highest BCUT2D eigenvalue weighted by atomic mass is 35.5. The molecule has 8 heteroatoms. The number of hydrogen-bond donors (Lipinski definition) is 1. The van der Waals surface area contributed by atoms with Gasteiger partial charge in [-0.05, 0) is 30.3 Å². The molecule has 6 nitrogen and oxygen atoms in total. The minimum atomic E-state index is -0.771. The van der Waals surface area contributed by atoms with Crippen molar-refractivity contribution < 1.29 is 18.7 Å². The molecule has 0 aliphatic carbocycles. The maximum atomic E-state index is 13.2. The van der Waals surface area contributed by atoms with Gasteiger partial charge in [-0.1, -0.05) is 11.6 Å². The number of halogens is 2. The first-order valence-electron chi connectivity index (χ1n) is 5.69. The number of hydrogen-bond acceptors (Lipinski definition) is 5. The number of anilines is 1. The highest BCUT2D eigenvalue weighted by Crippen LogP contribution is 2.19. The molecule has 0 aliphatic rings. The third-order valence-corrected chi connectivity index (χ3v) is 2.70. The normalized spacial score (nSPS) is 10.0. The lowest BCUT2D eigenvalue weighted by Crippen LogP contribution is -2.17. The Balaban J connectivity index is 2.28. The molecule has 108 valence electrons. The predicted molar refractivity (Wildman–Crippen MR) is 72.7 cm³/mol. The highest BCUT2D eigenvalue weighted by Gasteiger charge is 2.16. The van der Waals surface area contributed by atoms with E-state index < -0.39 is 17.7 Å². The molecule has 1 aromatic heterocycles. The van der Waals surface area contributed by atoms with Crippen LogP contribution >= 0.6 is 11.6 Å². The molecule has 0 bridgehead atoms. The van der Waals surface area contributed by atoms with Crippen LogP contribution in [0.25, 0.3) is 0 Å². The maximum Gasteiger partial charge on any atom is 0.340 e. The van der Waals surface area contributed by atoms with E-state index in [9.17, 15) is 14.0 Å². The summed E-state index contributed by atoms with van der Waals surface area (Å²) in [6, 6.07) is 6.09. The zero-order chi connectivity index (χ0) is 15.4. The van der Waals surface area contributed by atoms with Gasteiger partial charge in [-0.25, -0.2) is 9.18 Å². The first-order chi connectivity index (χ1) is 10.0. The average Bonchev–Trinajstić information content (AvgIpc) is 2.48. The van der Waals surface area contributed by atoms with Crippen LogP contribution in [0.15, 0.2) is 30.3 Å². The van der Waals surface area contributed by atoms with Crippen LogP contribution in [-0.2, 0) is 4.74 Å². The average molecular weight is 310 g/mol. The number of nitrogens with one attached hydrogen (secondary N) is 1. The molecule has 2 aromatic rings. The lowest BCUT2D eigenvalue weighted by molar-refractivity contribution is 0.0601. The van der Waals surface area contributed by atoms with Gasteiger partial charge in [0.05, 0.1) is 18.4 Å². The minimum absolute atomic E-state index is 0.000425. The van der Waals surface area contributed by atoms with Crippen molar-refractivity contribution in [3.8, 4) is 0 Å². The summed E-state index contributed by atoms with van der Waals surface area (Å²) in [5.74, 6) is -2.01. The smallest absolute Gasteiger partial charge is 0.340 e. The molecule has 0 fully saturated rings. The van der Waals surface area contributed by atoms with Gasteiger partial charge in [0.15, 0.2) is 10.8 Å². The van der Waals surface area contributed by atoms with Crippen LogP contribution in [0, 0.1) is 5.82 Å². The van der Waals surface area contributed by atoms with Crippen LogP contribution in [0.1, 0.15) is 20.8 Å². The van der Waals surface area contributed by atoms with E-state index in [1.165, 1.54) is 18.2 Å². The fraction of sp³-hybridized carbons (Fsp3) is 0.0769. The molecular formula is C13H9ClFN3O3. The van der Waals surface area contributed by atoms with Crippen molar-refractivity contribution in [2.45, 2.75) is 0 Å². The van der Waals surface area contributed by atoms with Crippen molar-refractivity contribution in [2.75, 3.05) is 12.4 Å². The summed E-state index contributed by atoms with van der Waals surface area (Å²) < 4.78 is 17.7. The molecule has 0 saturated carbocycles. The summed E-state index contributed by atoms with van der Waals surface area (Å²) in [7, 11) is 1.16. The number of aromatic nitrogens is 2. The van der Waals surface area contributed by atoms with Crippen LogP contribution in [0.3, 0.4) is 0 Å². The van der Waals surface area contributed by atoms with Crippen molar-refractivity contribution in [2.24, 2.45) is 0 Å². The number of methoxy groups -OCH3 is 1. The summed E-state index contributed by atoms with van der Waals surface area (Å²) in [5.41, 5.74) is -0.00249. The summed E-state index contributed by atoms with van der Waals surface area (Å²) in [6.07, 6.45) is 0. The molecule has 0 saturated heterocycles. The van der Waals surface area contributed by atoms with E-state index in [1.807, 2.05) is 0 Å². The number of rotatable bonds is 3. The van der Waals surface area contributed by atoms with E-state index in [1.54, 1.807) is 0 Å². The summed E-state index contributed by atoms with van der Waals surface area (Å²) >= 11 is 5.57. The summed E-state index contributed by atoms with van der Waals surface area (Å²) in [4.78, 5) is 23.5. The van der Waals surface area contributed by atoms with Gasteiger partial charge in [-0.3, -0.25) is 4.79 Å². The van der Waals surface area contributed by atoms with Crippen LogP contribution in [0.2, 0.25) is 5.15 Å². The van der Waals surface area contributed by atoms with Gasteiger partial charge in [0, 0.05) is 0 Å². The third-order valence-electron chi connectivity index (χ3n) is 2.50. The van der Waals surface area contributed by atoms with E-state index >= 15 is 0 Å². The van der Waals surface area contributed by atoms with Crippen molar-refractivity contribution in [3.63, 3.8) is 0 Å². The fourth-order valence-corrected chi connectivity index (χ4v) is 1.63. The van der Waals surface area contributed by atoms with Gasteiger partial charge in [-0.15, -0.1) is 10.2 Å². The van der Waals surface area contributed by atoms with Crippen LogP contribution in [0.5, 0.6) is 0 Å².